The zero-order valence-electron chi connectivity index (χ0n) is 15.2. The molecule has 0 heterocycles. The molecule has 1 rings (SSSR count). The number of hydrogen-bond acceptors (Lipinski definition) is 0. The summed E-state index contributed by atoms with van der Waals surface area (Å²) in [5.41, 5.74) is 0.734. The average Bonchev–Trinajstić information content (AvgIpc) is 3.15. The molecule has 0 saturated heterocycles. The first kappa shape index (κ1) is 18.1. The summed E-state index contributed by atoms with van der Waals surface area (Å²) in [4.78, 5) is 0. The Hall–Kier alpha value is 0. The molecule has 1 saturated carbocycles. The third-order valence-electron chi connectivity index (χ3n) is 6.31. The Balaban J connectivity index is 2.85. The predicted molar refractivity (Wildman–Crippen MR) is 92.0 cm³/mol. The molecule has 3 unspecified atom stereocenters. The van der Waals surface area contributed by atoms with E-state index < -0.39 is 0 Å². The van der Waals surface area contributed by atoms with Crippen molar-refractivity contribution in [3.63, 3.8) is 0 Å². The van der Waals surface area contributed by atoms with Crippen LogP contribution in [0.1, 0.15) is 99.3 Å². The lowest BCUT2D eigenvalue weighted by molar-refractivity contribution is 0.174. The molecule has 0 N–H and O–H groups in total. The van der Waals surface area contributed by atoms with Gasteiger partial charge in [0.15, 0.2) is 0 Å². The molecule has 1 aliphatic carbocycles. The highest BCUT2D eigenvalue weighted by atomic mass is 14.6. The quantitative estimate of drug-likeness (QED) is 0.379. The van der Waals surface area contributed by atoms with Gasteiger partial charge in [0.2, 0.25) is 0 Å². The summed E-state index contributed by atoms with van der Waals surface area (Å²) < 4.78 is 0. The lowest BCUT2D eigenvalue weighted by Crippen LogP contribution is -2.23. The molecule has 0 nitrogen and oxygen atoms in total. The zero-order chi connectivity index (χ0) is 15.2. The Labute approximate surface area is 129 Å². The normalized spacial score (nSPS) is 27.3. The topological polar surface area (TPSA) is 0 Å². The van der Waals surface area contributed by atoms with Gasteiger partial charge in [-0.3, -0.25) is 0 Å². The first-order chi connectivity index (χ1) is 9.59. The SMILES string of the molecule is CCCC(CCC)C1(CC(C)CC)CC1C(CC)CC. The van der Waals surface area contributed by atoms with E-state index in [-0.39, 0.29) is 0 Å². The molecule has 120 valence electrons. The smallest absolute Gasteiger partial charge is 0.0233 e. The molecule has 0 aromatic carbocycles. The van der Waals surface area contributed by atoms with Crippen LogP contribution >= 0.6 is 0 Å². The van der Waals surface area contributed by atoms with E-state index in [1.54, 1.807) is 6.42 Å². The van der Waals surface area contributed by atoms with Gasteiger partial charge in [0, 0.05) is 0 Å². The second-order valence-corrected chi connectivity index (χ2v) is 7.61. The highest BCUT2D eigenvalue weighted by molar-refractivity contribution is 5.08. The summed E-state index contributed by atoms with van der Waals surface area (Å²) in [5.74, 6) is 3.98. The Kier molecular flexibility index (Phi) is 7.62. The second-order valence-electron chi connectivity index (χ2n) is 7.61. The second kappa shape index (κ2) is 8.44. The number of hydrogen-bond donors (Lipinski definition) is 0. The van der Waals surface area contributed by atoms with E-state index in [0.717, 1.165) is 29.1 Å². The first-order valence-electron chi connectivity index (χ1n) is 9.59. The van der Waals surface area contributed by atoms with E-state index >= 15 is 0 Å². The van der Waals surface area contributed by atoms with Crippen molar-refractivity contribution in [3.8, 4) is 0 Å². The minimum atomic E-state index is 0.734. The highest BCUT2D eigenvalue weighted by Crippen LogP contribution is 2.67. The maximum Gasteiger partial charge on any atom is -0.0233 e. The van der Waals surface area contributed by atoms with Crippen LogP contribution in [0, 0.1) is 29.1 Å². The Morgan fingerprint density at radius 1 is 0.900 bits per heavy atom. The maximum atomic E-state index is 2.49. The lowest BCUT2D eigenvalue weighted by atomic mass is 9.73. The highest BCUT2D eigenvalue weighted by Gasteiger charge is 2.59. The summed E-state index contributed by atoms with van der Waals surface area (Å²) in [6.07, 6.45) is 12.9. The number of rotatable bonds is 11. The fourth-order valence-electron chi connectivity index (χ4n) is 4.92. The Bertz CT molecular complexity index is 247. The van der Waals surface area contributed by atoms with Gasteiger partial charge in [0.25, 0.3) is 0 Å². The van der Waals surface area contributed by atoms with E-state index in [0.29, 0.717) is 0 Å². The van der Waals surface area contributed by atoms with Crippen LogP contribution in [0.4, 0.5) is 0 Å². The fourth-order valence-corrected chi connectivity index (χ4v) is 4.92. The molecule has 0 aromatic rings. The summed E-state index contributed by atoms with van der Waals surface area (Å²) in [6, 6.07) is 0. The molecule has 0 amide bonds. The van der Waals surface area contributed by atoms with E-state index in [1.165, 1.54) is 51.4 Å². The minimum absolute atomic E-state index is 0.734. The summed E-state index contributed by atoms with van der Waals surface area (Å²) >= 11 is 0. The molecule has 0 radical (unpaired) electrons. The van der Waals surface area contributed by atoms with Crippen molar-refractivity contribution in [2.75, 3.05) is 0 Å². The van der Waals surface area contributed by atoms with Crippen LogP contribution in [0.3, 0.4) is 0 Å². The average molecular weight is 281 g/mol. The van der Waals surface area contributed by atoms with Crippen molar-refractivity contribution < 1.29 is 0 Å². The summed E-state index contributed by atoms with van der Waals surface area (Å²) in [5, 5.41) is 0. The Morgan fingerprint density at radius 2 is 1.45 bits per heavy atom. The lowest BCUT2D eigenvalue weighted by Gasteiger charge is -2.32. The maximum absolute atomic E-state index is 2.49. The van der Waals surface area contributed by atoms with Gasteiger partial charge in [-0.15, -0.1) is 0 Å². The van der Waals surface area contributed by atoms with Crippen LogP contribution in [0.5, 0.6) is 0 Å². The van der Waals surface area contributed by atoms with Crippen molar-refractivity contribution in [2.24, 2.45) is 29.1 Å². The molecule has 20 heavy (non-hydrogen) atoms. The van der Waals surface area contributed by atoms with Gasteiger partial charge in [-0.25, -0.2) is 0 Å². The van der Waals surface area contributed by atoms with E-state index in [9.17, 15) is 0 Å². The van der Waals surface area contributed by atoms with E-state index in [4.69, 9.17) is 0 Å². The van der Waals surface area contributed by atoms with Crippen LogP contribution in [-0.2, 0) is 0 Å². The molecule has 0 aromatic heterocycles. The van der Waals surface area contributed by atoms with Crippen LogP contribution in [0.25, 0.3) is 0 Å². The molecule has 0 bridgehead atoms. The molecule has 0 spiro atoms. The molecule has 1 aliphatic rings. The molecule has 1 fully saturated rings. The van der Waals surface area contributed by atoms with Crippen molar-refractivity contribution in [2.45, 2.75) is 99.3 Å². The van der Waals surface area contributed by atoms with Crippen LogP contribution in [0.15, 0.2) is 0 Å². The van der Waals surface area contributed by atoms with Crippen LogP contribution in [-0.4, -0.2) is 0 Å². The van der Waals surface area contributed by atoms with Crippen molar-refractivity contribution in [3.05, 3.63) is 0 Å². The van der Waals surface area contributed by atoms with Gasteiger partial charge in [-0.1, -0.05) is 86.5 Å². The molecule has 3 atom stereocenters. The molecular weight excluding hydrogens is 240 g/mol. The van der Waals surface area contributed by atoms with Crippen molar-refractivity contribution in [1.82, 2.24) is 0 Å². The monoisotopic (exact) mass is 280 g/mol. The zero-order valence-corrected chi connectivity index (χ0v) is 15.2. The van der Waals surface area contributed by atoms with Gasteiger partial charge < -0.3 is 0 Å². The molecule has 0 heteroatoms. The van der Waals surface area contributed by atoms with Crippen LogP contribution in [0.2, 0.25) is 0 Å². The summed E-state index contributed by atoms with van der Waals surface area (Å²) in [7, 11) is 0. The van der Waals surface area contributed by atoms with Gasteiger partial charge in [0.1, 0.15) is 0 Å². The van der Waals surface area contributed by atoms with E-state index in [2.05, 4.69) is 41.5 Å². The van der Waals surface area contributed by atoms with Gasteiger partial charge in [-0.2, -0.15) is 0 Å². The standard InChI is InChI=1S/C20H40/c1-7-12-18(13-8-2)20(14-16(6)9-3)15-19(20)17(10-4)11-5/h16-19H,7-15H2,1-6H3. The van der Waals surface area contributed by atoms with Crippen molar-refractivity contribution in [1.29, 1.82) is 0 Å². The van der Waals surface area contributed by atoms with Gasteiger partial charge >= 0.3 is 0 Å². The molecule has 0 aliphatic heterocycles. The third kappa shape index (κ3) is 4.01. The van der Waals surface area contributed by atoms with Gasteiger partial charge in [-0.05, 0) is 41.9 Å². The minimum Gasteiger partial charge on any atom is -0.0654 e. The fraction of sp³-hybridized carbons (Fsp3) is 1.00. The van der Waals surface area contributed by atoms with Crippen molar-refractivity contribution >= 4 is 0 Å². The Morgan fingerprint density at radius 3 is 1.85 bits per heavy atom. The largest absolute Gasteiger partial charge is 0.0654 e. The third-order valence-corrected chi connectivity index (χ3v) is 6.31. The van der Waals surface area contributed by atoms with Crippen LogP contribution < -0.4 is 0 Å². The summed E-state index contributed by atoms with van der Waals surface area (Å²) in [6.45, 7) is 14.5. The predicted octanol–water partition coefficient (Wildman–Crippen LogP) is 7.08. The van der Waals surface area contributed by atoms with Gasteiger partial charge in [0.05, 0.1) is 0 Å². The van der Waals surface area contributed by atoms with E-state index in [1.807, 2.05) is 0 Å². The first-order valence-corrected chi connectivity index (χ1v) is 9.59. The molecular formula is C20H40.